The molecule has 0 aliphatic carbocycles. The summed E-state index contributed by atoms with van der Waals surface area (Å²) in [6.07, 6.45) is 0.310. The highest BCUT2D eigenvalue weighted by molar-refractivity contribution is 6.04. The van der Waals surface area contributed by atoms with Gasteiger partial charge in [-0.3, -0.25) is 14.9 Å². The van der Waals surface area contributed by atoms with Crippen molar-refractivity contribution in [1.29, 1.82) is 0 Å². The predicted octanol–water partition coefficient (Wildman–Crippen LogP) is 0.0317. The summed E-state index contributed by atoms with van der Waals surface area (Å²) in [4.78, 5) is 34.4. The summed E-state index contributed by atoms with van der Waals surface area (Å²) < 4.78 is 10.2. The number of benzene rings is 1. The molecule has 1 saturated heterocycles. The van der Waals surface area contributed by atoms with Crippen molar-refractivity contribution < 1.29 is 23.9 Å². The summed E-state index contributed by atoms with van der Waals surface area (Å²) in [7, 11) is 3.00. The Bertz CT molecular complexity index is 580. The average molecular weight is 307 g/mol. The molecule has 1 aromatic carbocycles. The lowest BCUT2D eigenvalue weighted by Gasteiger charge is -2.10. The van der Waals surface area contributed by atoms with E-state index in [4.69, 9.17) is 9.47 Å². The Kier molecular flexibility index (Phi) is 4.82. The number of nitrogens with one attached hydrogen (secondary N) is 3. The molecule has 1 atom stereocenters. The summed E-state index contributed by atoms with van der Waals surface area (Å²) in [6.45, 7) is 0.247. The molecule has 1 aromatic rings. The van der Waals surface area contributed by atoms with Gasteiger partial charge in [-0.25, -0.2) is 4.79 Å². The molecule has 1 aliphatic rings. The van der Waals surface area contributed by atoms with E-state index in [0.717, 1.165) is 0 Å². The second-order valence-corrected chi connectivity index (χ2v) is 4.66. The van der Waals surface area contributed by atoms with Gasteiger partial charge in [-0.15, -0.1) is 0 Å². The summed E-state index contributed by atoms with van der Waals surface area (Å²) in [5.74, 6) is 0.308. The zero-order valence-corrected chi connectivity index (χ0v) is 12.3. The second kappa shape index (κ2) is 6.79. The molecule has 2 rings (SSSR count). The van der Waals surface area contributed by atoms with Crippen LogP contribution >= 0.6 is 0 Å². The molecule has 3 N–H and O–H groups in total. The highest BCUT2D eigenvalue weighted by Gasteiger charge is 2.28. The van der Waals surface area contributed by atoms with Crippen LogP contribution in [0.4, 0.5) is 4.79 Å². The van der Waals surface area contributed by atoms with Crippen molar-refractivity contribution >= 4 is 17.8 Å². The van der Waals surface area contributed by atoms with Gasteiger partial charge in [0.2, 0.25) is 0 Å². The zero-order valence-electron chi connectivity index (χ0n) is 12.3. The maximum absolute atomic E-state index is 12.1. The minimum atomic E-state index is -0.618. The first kappa shape index (κ1) is 15.6. The van der Waals surface area contributed by atoms with Gasteiger partial charge in [0.05, 0.1) is 14.2 Å². The lowest BCUT2D eigenvalue weighted by atomic mass is 10.1. The quantitative estimate of drug-likeness (QED) is 0.643. The lowest BCUT2D eigenvalue weighted by Crippen LogP contribution is -2.34. The van der Waals surface area contributed by atoms with Crippen LogP contribution in [-0.4, -0.2) is 44.7 Å². The number of hydrogen-bond donors (Lipinski definition) is 3. The molecule has 8 nitrogen and oxygen atoms in total. The molecule has 1 fully saturated rings. The number of carbonyl (C=O) groups is 3. The third-order valence-corrected chi connectivity index (χ3v) is 3.19. The van der Waals surface area contributed by atoms with E-state index in [0.29, 0.717) is 23.5 Å². The van der Waals surface area contributed by atoms with Crippen molar-refractivity contribution in [3.8, 4) is 11.5 Å². The van der Waals surface area contributed by atoms with E-state index in [9.17, 15) is 14.4 Å². The monoisotopic (exact) mass is 307 g/mol. The first-order valence-corrected chi connectivity index (χ1v) is 6.66. The molecule has 1 heterocycles. The van der Waals surface area contributed by atoms with Gasteiger partial charge in [0, 0.05) is 18.2 Å². The normalized spacial score (nSPS) is 16.7. The van der Waals surface area contributed by atoms with Gasteiger partial charge in [-0.2, -0.15) is 0 Å². The third-order valence-electron chi connectivity index (χ3n) is 3.19. The number of urea groups is 1. The molecule has 0 saturated carbocycles. The lowest BCUT2D eigenvalue weighted by molar-refractivity contribution is -0.120. The Morgan fingerprint density at radius 3 is 2.32 bits per heavy atom. The molecule has 4 amide bonds. The van der Waals surface area contributed by atoms with Crippen LogP contribution < -0.4 is 25.4 Å². The summed E-state index contributed by atoms with van der Waals surface area (Å²) >= 11 is 0. The van der Waals surface area contributed by atoms with Gasteiger partial charge in [-0.1, -0.05) is 0 Å². The van der Waals surface area contributed by atoms with Gasteiger partial charge >= 0.3 is 6.03 Å². The minimum absolute atomic E-state index is 0.247. The number of carbonyl (C=O) groups excluding carboxylic acids is 3. The molecule has 0 bridgehead atoms. The predicted molar refractivity (Wildman–Crippen MR) is 77.0 cm³/mol. The Hall–Kier alpha value is -2.77. The van der Waals surface area contributed by atoms with Crippen LogP contribution in [0.5, 0.6) is 11.5 Å². The molecule has 8 heteroatoms. The van der Waals surface area contributed by atoms with Crippen molar-refractivity contribution in [2.75, 3.05) is 20.8 Å². The Labute approximate surface area is 127 Å². The molecule has 1 aliphatic heterocycles. The average Bonchev–Trinajstić information content (AvgIpc) is 2.84. The highest BCUT2D eigenvalue weighted by Crippen LogP contribution is 2.22. The number of rotatable bonds is 6. The third kappa shape index (κ3) is 3.66. The molecular weight excluding hydrogens is 290 g/mol. The van der Waals surface area contributed by atoms with E-state index in [-0.39, 0.29) is 18.4 Å². The van der Waals surface area contributed by atoms with Crippen LogP contribution in [0.3, 0.4) is 0 Å². The van der Waals surface area contributed by atoms with E-state index < -0.39 is 12.1 Å². The second-order valence-electron chi connectivity index (χ2n) is 4.66. The molecular formula is C14H17N3O5. The van der Waals surface area contributed by atoms with Crippen LogP contribution in [-0.2, 0) is 4.79 Å². The molecule has 0 spiro atoms. The van der Waals surface area contributed by atoms with Gasteiger partial charge in [0.15, 0.2) is 0 Å². The number of imide groups is 1. The standard InChI is InChI=1S/C14H17N3O5/c1-21-9-5-8(6-10(7-9)22-2)12(18)15-4-3-11-13(19)17-14(20)16-11/h5-7,11H,3-4H2,1-2H3,(H,15,18)(H2,16,17,19,20). The SMILES string of the molecule is COc1cc(OC)cc(C(=O)NCCC2NC(=O)NC2=O)c1. The Morgan fingerprint density at radius 1 is 1.18 bits per heavy atom. The first-order valence-electron chi connectivity index (χ1n) is 6.66. The van der Waals surface area contributed by atoms with Crippen LogP contribution in [0.15, 0.2) is 18.2 Å². The molecule has 118 valence electrons. The maximum atomic E-state index is 12.1. The van der Waals surface area contributed by atoms with Gasteiger partial charge in [0.25, 0.3) is 11.8 Å². The van der Waals surface area contributed by atoms with Crippen LogP contribution in [0.25, 0.3) is 0 Å². The molecule has 22 heavy (non-hydrogen) atoms. The van der Waals surface area contributed by atoms with Gasteiger partial charge < -0.3 is 20.1 Å². The Balaban J connectivity index is 1.92. The molecule has 0 radical (unpaired) electrons. The number of hydrogen-bond acceptors (Lipinski definition) is 5. The Morgan fingerprint density at radius 2 is 1.82 bits per heavy atom. The summed E-state index contributed by atoms with van der Waals surface area (Å²) in [5.41, 5.74) is 0.385. The van der Waals surface area contributed by atoms with E-state index >= 15 is 0 Å². The zero-order chi connectivity index (χ0) is 16.1. The molecule has 1 unspecified atom stereocenters. The van der Waals surface area contributed by atoms with E-state index in [1.165, 1.54) is 14.2 Å². The van der Waals surface area contributed by atoms with Crippen molar-refractivity contribution in [3.05, 3.63) is 23.8 Å². The topological polar surface area (TPSA) is 106 Å². The van der Waals surface area contributed by atoms with Crippen molar-refractivity contribution in [1.82, 2.24) is 16.0 Å². The van der Waals surface area contributed by atoms with Crippen molar-refractivity contribution in [3.63, 3.8) is 0 Å². The first-order chi connectivity index (χ1) is 10.5. The maximum Gasteiger partial charge on any atom is 0.322 e. The van der Waals surface area contributed by atoms with Gasteiger partial charge in [0.1, 0.15) is 17.5 Å². The highest BCUT2D eigenvalue weighted by atomic mass is 16.5. The smallest absolute Gasteiger partial charge is 0.322 e. The van der Waals surface area contributed by atoms with Crippen LogP contribution in [0, 0.1) is 0 Å². The fourth-order valence-corrected chi connectivity index (χ4v) is 2.03. The minimum Gasteiger partial charge on any atom is -0.497 e. The van der Waals surface area contributed by atoms with Crippen LogP contribution in [0.2, 0.25) is 0 Å². The van der Waals surface area contributed by atoms with E-state index in [2.05, 4.69) is 16.0 Å². The number of methoxy groups -OCH3 is 2. The number of amides is 4. The van der Waals surface area contributed by atoms with E-state index in [1.807, 2.05) is 0 Å². The van der Waals surface area contributed by atoms with E-state index in [1.54, 1.807) is 18.2 Å². The van der Waals surface area contributed by atoms with Crippen LogP contribution in [0.1, 0.15) is 16.8 Å². The summed E-state index contributed by atoms with van der Waals surface area (Å²) in [6, 6.07) is 3.70. The van der Waals surface area contributed by atoms with Gasteiger partial charge in [-0.05, 0) is 18.6 Å². The molecule has 0 aromatic heterocycles. The fraction of sp³-hybridized carbons (Fsp3) is 0.357. The van der Waals surface area contributed by atoms with Crippen molar-refractivity contribution in [2.45, 2.75) is 12.5 Å². The largest absolute Gasteiger partial charge is 0.497 e. The number of ether oxygens (including phenoxy) is 2. The van der Waals surface area contributed by atoms with Crippen molar-refractivity contribution in [2.24, 2.45) is 0 Å². The fourth-order valence-electron chi connectivity index (χ4n) is 2.03. The summed E-state index contributed by atoms with van der Waals surface area (Å²) in [5, 5.41) is 7.28.